The van der Waals surface area contributed by atoms with Crippen LogP contribution in [0, 0.1) is 5.92 Å². The van der Waals surface area contributed by atoms with Gasteiger partial charge in [-0.15, -0.1) is 0 Å². The molecule has 0 bridgehead atoms. The van der Waals surface area contributed by atoms with Crippen LogP contribution in [0.15, 0.2) is 24.3 Å². The number of hydrogen-bond donors (Lipinski definition) is 2. The maximum absolute atomic E-state index is 9.43. The molecule has 3 unspecified atom stereocenters. The first-order valence-electron chi connectivity index (χ1n) is 7.30. The molecule has 2 rings (SSSR count). The van der Waals surface area contributed by atoms with Gasteiger partial charge in [0.25, 0.3) is 0 Å². The molecule has 3 atom stereocenters. The van der Waals surface area contributed by atoms with Gasteiger partial charge in [0.15, 0.2) is 0 Å². The largest absolute Gasteiger partial charge is 0.496 e. The maximum Gasteiger partial charge on any atom is 0.123 e. The number of nitrogens with one attached hydrogen (secondary N) is 1. The molecule has 3 nitrogen and oxygen atoms in total. The lowest BCUT2D eigenvalue weighted by Crippen LogP contribution is -2.36. The van der Waals surface area contributed by atoms with Crippen LogP contribution in [0.3, 0.4) is 0 Å². The van der Waals surface area contributed by atoms with Crippen LogP contribution in [0.2, 0.25) is 0 Å². The van der Waals surface area contributed by atoms with Crippen molar-refractivity contribution in [3.05, 3.63) is 29.8 Å². The lowest BCUT2D eigenvalue weighted by molar-refractivity contribution is 0.198. The Morgan fingerprint density at radius 1 is 1.37 bits per heavy atom. The van der Waals surface area contributed by atoms with E-state index in [-0.39, 0.29) is 0 Å². The fourth-order valence-corrected chi connectivity index (χ4v) is 3.12. The predicted octanol–water partition coefficient (Wildman–Crippen LogP) is 2.90. The van der Waals surface area contributed by atoms with Crippen LogP contribution in [0.4, 0.5) is 0 Å². The highest BCUT2D eigenvalue weighted by molar-refractivity contribution is 5.35. The van der Waals surface area contributed by atoms with Gasteiger partial charge in [-0.1, -0.05) is 31.5 Å². The summed E-state index contributed by atoms with van der Waals surface area (Å²) in [5, 5.41) is 13.1. The fourth-order valence-electron chi connectivity index (χ4n) is 3.12. The summed E-state index contributed by atoms with van der Waals surface area (Å²) in [5.41, 5.74) is 1.22. The fraction of sp³-hybridized carbons (Fsp3) is 0.625. The van der Waals surface area contributed by atoms with Crippen LogP contribution in [-0.2, 0) is 0 Å². The smallest absolute Gasteiger partial charge is 0.123 e. The van der Waals surface area contributed by atoms with Gasteiger partial charge in [0.1, 0.15) is 5.75 Å². The molecule has 0 heterocycles. The normalized spacial score (nSPS) is 24.4. The topological polar surface area (TPSA) is 41.5 Å². The minimum absolute atomic E-state index is 0.292. The quantitative estimate of drug-likeness (QED) is 0.829. The summed E-state index contributed by atoms with van der Waals surface area (Å²) in [6.45, 7) is 2.48. The molecule has 19 heavy (non-hydrogen) atoms. The molecular formula is C16H25NO2. The van der Waals surface area contributed by atoms with E-state index in [9.17, 15) is 5.11 Å². The van der Waals surface area contributed by atoms with Crippen LogP contribution >= 0.6 is 0 Å². The third-order valence-electron chi connectivity index (χ3n) is 4.23. The van der Waals surface area contributed by atoms with Crippen molar-refractivity contribution < 1.29 is 9.84 Å². The first kappa shape index (κ1) is 14.4. The Kier molecular flexibility index (Phi) is 5.23. The molecule has 0 aromatic heterocycles. The molecule has 0 amide bonds. The van der Waals surface area contributed by atoms with Gasteiger partial charge in [-0.2, -0.15) is 0 Å². The summed E-state index contributed by atoms with van der Waals surface area (Å²) in [6, 6.07) is 8.93. The van der Waals surface area contributed by atoms with Crippen molar-refractivity contribution in [1.82, 2.24) is 5.32 Å². The van der Waals surface area contributed by atoms with Crippen molar-refractivity contribution in [3.8, 4) is 5.75 Å². The molecule has 0 aliphatic heterocycles. The van der Waals surface area contributed by atoms with Crippen LogP contribution < -0.4 is 10.1 Å². The number of aliphatic hydroxyl groups excluding tert-OH is 1. The molecule has 1 aliphatic carbocycles. The van der Waals surface area contributed by atoms with Crippen LogP contribution in [0.1, 0.15) is 44.2 Å². The molecule has 1 fully saturated rings. The van der Waals surface area contributed by atoms with E-state index in [1.54, 1.807) is 7.11 Å². The summed E-state index contributed by atoms with van der Waals surface area (Å²) in [6.07, 6.45) is 4.54. The molecule has 2 N–H and O–H groups in total. The molecule has 1 saturated carbocycles. The first-order chi connectivity index (χ1) is 9.30. The summed E-state index contributed by atoms with van der Waals surface area (Å²) < 4.78 is 5.46. The average molecular weight is 263 g/mol. The maximum atomic E-state index is 9.43. The molecule has 1 aromatic rings. The molecule has 106 valence electrons. The van der Waals surface area contributed by atoms with Gasteiger partial charge in [-0.25, -0.2) is 0 Å². The van der Waals surface area contributed by atoms with E-state index < -0.39 is 0 Å². The van der Waals surface area contributed by atoms with E-state index in [1.807, 2.05) is 12.1 Å². The number of benzene rings is 1. The van der Waals surface area contributed by atoms with Gasteiger partial charge in [0, 0.05) is 24.3 Å². The molecule has 3 heteroatoms. The van der Waals surface area contributed by atoms with Crippen LogP contribution in [0.25, 0.3) is 0 Å². The zero-order valence-electron chi connectivity index (χ0n) is 11.9. The molecule has 0 saturated heterocycles. The Labute approximate surface area is 116 Å². The van der Waals surface area contributed by atoms with Crippen molar-refractivity contribution in [2.75, 3.05) is 13.7 Å². The minimum atomic E-state index is 0.292. The number of rotatable bonds is 6. The predicted molar refractivity (Wildman–Crippen MR) is 77.4 cm³/mol. The van der Waals surface area contributed by atoms with E-state index in [1.165, 1.54) is 12.0 Å². The Morgan fingerprint density at radius 3 is 2.84 bits per heavy atom. The monoisotopic (exact) mass is 263 g/mol. The second-order valence-electron chi connectivity index (χ2n) is 5.35. The van der Waals surface area contributed by atoms with Gasteiger partial charge in [0.2, 0.25) is 0 Å². The highest BCUT2D eigenvalue weighted by Crippen LogP contribution is 2.31. The zero-order chi connectivity index (χ0) is 13.7. The minimum Gasteiger partial charge on any atom is -0.496 e. The van der Waals surface area contributed by atoms with E-state index in [2.05, 4.69) is 24.4 Å². The molecule has 1 aromatic carbocycles. The summed E-state index contributed by atoms with van der Waals surface area (Å²) in [7, 11) is 1.72. The van der Waals surface area contributed by atoms with Gasteiger partial charge in [-0.3, -0.25) is 0 Å². The Morgan fingerprint density at radius 2 is 2.16 bits per heavy atom. The Hall–Kier alpha value is -1.06. The van der Waals surface area contributed by atoms with Crippen LogP contribution in [0.5, 0.6) is 5.75 Å². The molecule has 1 aliphatic rings. The second-order valence-corrected chi connectivity index (χ2v) is 5.35. The lowest BCUT2D eigenvalue weighted by atomic mass is 9.99. The number of aliphatic hydroxyl groups is 1. The Bertz CT molecular complexity index is 394. The number of hydrogen-bond acceptors (Lipinski definition) is 3. The standard InChI is InChI=1S/C16H25NO2/c1-3-14(13-8-4-5-10-16(13)19-2)17-15-9-6-7-12(15)11-18/h4-5,8,10,12,14-15,17-18H,3,6-7,9,11H2,1-2H3. The second kappa shape index (κ2) is 6.92. The highest BCUT2D eigenvalue weighted by atomic mass is 16.5. The third-order valence-corrected chi connectivity index (χ3v) is 4.23. The first-order valence-corrected chi connectivity index (χ1v) is 7.30. The van der Waals surface area contributed by atoms with Crippen molar-refractivity contribution in [3.63, 3.8) is 0 Å². The third kappa shape index (κ3) is 3.28. The number of ether oxygens (including phenoxy) is 1. The molecule has 0 radical (unpaired) electrons. The number of methoxy groups -OCH3 is 1. The SMILES string of the molecule is CCC(NC1CCCC1CO)c1ccccc1OC. The average Bonchev–Trinajstić information content (AvgIpc) is 2.92. The van der Waals surface area contributed by atoms with Gasteiger partial charge in [-0.05, 0) is 31.2 Å². The van der Waals surface area contributed by atoms with Crippen molar-refractivity contribution in [2.45, 2.75) is 44.7 Å². The summed E-state index contributed by atoms with van der Waals surface area (Å²) in [5.74, 6) is 1.35. The molecule has 0 spiro atoms. The highest BCUT2D eigenvalue weighted by Gasteiger charge is 2.29. The summed E-state index contributed by atoms with van der Waals surface area (Å²) in [4.78, 5) is 0. The molecular weight excluding hydrogens is 238 g/mol. The van der Waals surface area contributed by atoms with Crippen molar-refractivity contribution >= 4 is 0 Å². The van der Waals surface area contributed by atoms with Crippen molar-refractivity contribution in [2.24, 2.45) is 5.92 Å². The van der Waals surface area contributed by atoms with Gasteiger partial charge in [0.05, 0.1) is 7.11 Å². The van der Waals surface area contributed by atoms with Crippen molar-refractivity contribution in [1.29, 1.82) is 0 Å². The van der Waals surface area contributed by atoms with E-state index in [0.29, 0.717) is 24.6 Å². The van der Waals surface area contributed by atoms with E-state index in [4.69, 9.17) is 4.74 Å². The van der Waals surface area contributed by atoms with E-state index >= 15 is 0 Å². The zero-order valence-corrected chi connectivity index (χ0v) is 11.9. The Balaban J connectivity index is 2.11. The number of para-hydroxylation sites is 1. The van der Waals surface area contributed by atoms with E-state index in [0.717, 1.165) is 25.0 Å². The van der Waals surface area contributed by atoms with Crippen LogP contribution in [-0.4, -0.2) is 24.9 Å². The van der Waals surface area contributed by atoms with Gasteiger partial charge >= 0.3 is 0 Å². The summed E-state index contributed by atoms with van der Waals surface area (Å²) >= 11 is 0. The van der Waals surface area contributed by atoms with Gasteiger partial charge < -0.3 is 15.2 Å². The lowest BCUT2D eigenvalue weighted by Gasteiger charge is -2.27.